The summed E-state index contributed by atoms with van der Waals surface area (Å²) in [5, 5.41) is 15.8. The Morgan fingerprint density at radius 3 is 2.79 bits per heavy atom. The maximum Gasteiger partial charge on any atom is 0.357 e. The van der Waals surface area contributed by atoms with Gasteiger partial charge >= 0.3 is 5.97 Å². The molecule has 0 aliphatic carbocycles. The molecule has 0 atom stereocenters. The molecule has 3 rings (SSSR count). The Hall–Kier alpha value is -2.56. The molecule has 2 aromatic carbocycles. The summed E-state index contributed by atoms with van der Waals surface area (Å²) in [5.41, 5.74) is 0.831. The highest BCUT2D eigenvalue weighted by Gasteiger charge is 2.18. The number of carboxylic acids is 1. The van der Waals surface area contributed by atoms with Crippen molar-refractivity contribution in [3.8, 4) is 5.75 Å². The molecular formula is C14H12N2O3. The number of rotatable bonds is 2. The van der Waals surface area contributed by atoms with E-state index >= 15 is 0 Å². The van der Waals surface area contributed by atoms with Gasteiger partial charge in [0.2, 0.25) is 0 Å². The molecule has 1 aromatic heterocycles. The van der Waals surface area contributed by atoms with E-state index in [4.69, 9.17) is 4.74 Å². The third kappa shape index (κ3) is 1.55. The van der Waals surface area contributed by atoms with Gasteiger partial charge in [-0.3, -0.25) is 4.68 Å². The molecule has 0 saturated carbocycles. The molecule has 0 radical (unpaired) electrons. The predicted molar refractivity (Wildman–Crippen MR) is 71.7 cm³/mol. The minimum Gasteiger partial charge on any atom is -0.496 e. The Labute approximate surface area is 109 Å². The van der Waals surface area contributed by atoms with Crippen molar-refractivity contribution in [3.05, 3.63) is 36.0 Å². The molecule has 96 valence electrons. The number of hydrogen-bond donors (Lipinski definition) is 1. The predicted octanol–water partition coefficient (Wildman–Crippen LogP) is 2.43. The summed E-state index contributed by atoms with van der Waals surface area (Å²) < 4.78 is 6.96. The quantitative estimate of drug-likeness (QED) is 0.764. The summed E-state index contributed by atoms with van der Waals surface area (Å²) in [6.07, 6.45) is 0. The van der Waals surface area contributed by atoms with Gasteiger partial charge in [-0.2, -0.15) is 5.10 Å². The first-order valence-corrected chi connectivity index (χ1v) is 5.79. The molecule has 0 saturated heterocycles. The van der Waals surface area contributed by atoms with Gasteiger partial charge in [0.1, 0.15) is 5.75 Å². The number of nitrogens with zero attached hydrogens (tertiary/aromatic N) is 2. The fourth-order valence-electron chi connectivity index (χ4n) is 2.44. The first kappa shape index (κ1) is 11.5. The summed E-state index contributed by atoms with van der Waals surface area (Å²) >= 11 is 0. The lowest BCUT2D eigenvalue weighted by atomic mass is 10.1. The summed E-state index contributed by atoms with van der Waals surface area (Å²) in [7, 11) is 3.34. The molecule has 0 aliphatic heterocycles. The van der Waals surface area contributed by atoms with Crippen LogP contribution in [0.5, 0.6) is 5.75 Å². The van der Waals surface area contributed by atoms with Crippen molar-refractivity contribution in [1.82, 2.24) is 9.78 Å². The van der Waals surface area contributed by atoms with Crippen LogP contribution in [0.3, 0.4) is 0 Å². The molecule has 0 spiro atoms. The highest BCUT2D eigenvalue weighted by atomic mass is 16.5. The normalized spacial score (nSPS) is 11.1. The zero-order valence-electron chi connectivity index (χ0n) is 10.5. The molecule has 1 N–H and O–H groups in total. The van der Waals surface area contributed by atoms with Gasteiger partial charge in [-0.1, -0.05) is 18.2 Å². The highest BCUT2D eigenvalue weighted by molar-refractivity contribution is 6.13. The minimum absolute atomic E-state index is 0.0605. The lowest BCUT2D eigenvalue weighted by Gasteiger charge is -2.07. The van der Waals surface area contributed by atoms with E-state index in [1.165, 1.54) is 0 Å². The second-order valence-corrected chi connectivity index (χ2v) is 4.30. The van der Waals surface area contributed by atoms with Crippen molar-refractivity contribution < 1.29 is 14.6 Å². The number of hydrogen-bond acceptors (Lipinski definition) is 3. The summed E-state index contributed by atoms with van der Waals surface area (Å²) in [5.74, 6) is -0.317. The average molecular weight is 256 g/mol. The second kappa shape index (κ2) is 3.98. The van der Waals surface area contributed by atoms with E-state index in [0.717, 1.165) is 16.3 Å². The van der Waals surface area contributed by atoms with Crippen molar-refractivity contribution in [3.63, 3.8) is 0 Å². The molecule has 0 aliphatic rings. The molecule has 3 aromatic rings. The Morgan fingerprint density at radius 1 is 1.32 bits per heavy atom. The van der Waals surface area contributed by atoms with Crippen LogP contribution in [-0.2, 0) is 7.05 Å². The van der Waals surface area contributed by atoms with Crippen LogP contribution < -0.4 is 4.74 Å². The third-order valence-electron chi connectivity index (χ3n) is 3.23. The summed E-state index contributed by atoms with van der Waals surface area (Å²) in [6.45, 7) is 0. The van der Waals surface area contributed by atoms with Crippen molar-refractivity contribution >= 4 is 27.6 Å². The SMILES string of the molecule is COc1cccc2ccc3c(C(=O)O)nn(C)c3c12. The van der Waals surface area contributed by atoms with E-state index in [2.05, 4.69) is 5.10 Å². The lowest BCUT2D eigenvalue weighted by Crippen LogP contribution is -1.99. The van der Waals surface area contributed by atoms with Gasteiger partial charge in [-0.25, -0.2) is 4.79 Å². The standard InChI is InChI=1S/C14H12N2O3/c1-16-13-9(12(15-16)14(17)18)7-6-8-4-3-5-10(19-2)11(8)13/h3-7H,1-2H3,(H,17,18). The van der Waals surface area contributed by atoms with E-state index in [9.17, 15) is 9.90 Å². The Morgan fingerprint density at radius 2 is 2.11 bits per heavy atom. The number of methoxy groups -OCH3 is 1. The number of carbonyl (C=O) groups is 1. The van der Waals surface area contributed by atoms with Crippen LogP contribution in [0.25, 0.3) is 21.7 Å². The first-order chi connectivity index (χ1) is 9.13. The number of ether oxygens (including phenoxy) is 1. The molecule has 1 heterocycles. The van der Waals surface area contributed by atoms with Crippen LogP contribution in [0.4, 0.5) is 0 Å². The Balaban J connectivity index is 2.56. The van der Waals surface area contributed by atoms with Gasteiger partial charge < -0.3 is 9.84 Å². The smallest absolute Gasteiger partial charge is 0.357 e. The molecule has 5 nitrogen and oxygen atoms in total. The fourth-order valence-corrected chi connectivity index (χ4v) is 2.44. The van der Waals surface area contributed by atoms with E-state index in [1.54, 1.807) is 24.9 Å². The van der Waals surface area contributed by atoms with E-state index in [0.29, 0.717) is 11.1 Å². The highest BCUT2D eigenvalue weighted by Crippen LogP contribution is 2.33. The zero-order valence-corrected chi connectivity index (χ0v) is 10.5. The fraction of sp³-hybridized carbons (Fsp3) is 0.143. The van der Waals surface area contributed by atoms with Crippen molar-refractivity contribution in [2.24, 2.45) is 7.05 Å². The molecular weight excluding hydrogens is 244 g/mol. The number of benzene rings is 2. The van der Waals surface area contributed by atoms with Gasteiger partial charge in [0.25, 0.3) is 0 Å². The monoisotopic (exact) mass is 256 g/mol. The Kier molecular flexibility index (Phi) is 2.41. The van der Waals surface area contributed by atoms with Gasteiger partial charge in [0.05, 0.1) is 12.6 Å². The first-order valence-electron chi connectivity index (χ1n) is 5.79. The second-order valence-electron chi connectivity index (χ2n) is 4.30. The maximum absolute atomic E-state index is 11.2. The maximum atomic E-state index is 11.2. The summed E-state index contributed by atoms with van der Waals surface area (Å²) in [4.78, 5) is 11.2. The van der Waals surface area contributed by atoms with Crippen LogP contribution >= 0.6 is 0 Å². The van der Waals surface area contributed by atoms with Crippen LogP contribution in [0.1, 0.15) is 10.5 Å². The van der Waals surface area contributed by atoms with Crippen molar-refractivity contribution in [1.29, 1.82) is 0 Å². The van der Waals surface area contributed by atoms with Crippen LogP contribution in [0, 0.1) is 0 Å². The van der Waals surface area contributed by atoms with E-state index < -0.39 is 5.97 Å². The molecule has 0 unspecified atom stereocenters. The molecule has 0 amide bonds. The molecule has 0 fully saturated rings. The third-order valence-corrected chi connectivity index (χ3v) is 3.23. The number of fused-ring (bicyclic) bond motifs is 3. The number of aromatic nitrogens is 2. The lowest BCUT2D eigenvalue weighted by molar-refractivity contribution is 0.0691. The summed E-state index contributed by atoms with van der Waals surface area (Å²) in [6, 6.07) is 9.39. The van der Waals surface area contributed by atoms with Gasteiger partial charge in [0, 0.05) is 17.8 Å². The number of aryl methyl sites for hydroxylation is 1. The minimum atomic E-state index is -1.03. The van der Waals surface area contributed by atoms with Gasteiger partial charge in [0.15, 0.2) is 5.69 Å². The molecule has 5 heteroatoms. The van der Waals surface area contributed by atoms with E-state index in [1.807, 2.05) is 24.3 Å². The average Bonchev–Trinajstić information content (AvgIpc) is 2.75. The van der Waals surface area contributed by atoms with Gasteiger partial charge in [-0.05, 0) is 17.5 Å². The topological polar surface area (TPSA) is 64.3 Å². The molecule has 19 heavy (non-hydrogen) atoms. The van der Waals surface area contributed by atoms with Crippen LogP contribution in [0.15, 0.2) is 30.3 Å². The number of aromatic carboxylic acids is 1. The zero-order chi connectivity index (χ0) is 13.6. The van der Waals surface area contributed by atoms with Crippen molar-refractivity contribution in [2.45, 2.75) is 0 Å². The van der Waals surface area contributed by atoms with Gasteiger partial charge in [-0.15, -0.1) is 0 Å². The largest absolute Gasteiger partial charge is 0.496 e. The van der Waals surface area contributed by atoms with E-state index in [-0.39, 0.29) is 5.69 Å². The number of carboxylic acid groups (broad SMARTS) is 1. The molecule has 0 bridgehead atoms. The van der Waals surface area contributed by atoms with Crippen LogP contribution in [0.2, 0.25) is 0 Å². The van der Waals surface area contributed by atoms with Crippen LogP contribution in [-0.4, -0.2) is 28.0 Å². The van der Waals surface area contributed by atoms with Crippen molar-refractivity contribution in [2.75, 3.05) is 7.11 Å². The Bertz CT molecular complexity index is 805.